The molecule has 0 fully saturated rings. The minimum absolute atomic E-state index is 0.301. The van der Waals surface area contributed by atoms with Gasteiger partial charge in [0.1, 0.15) is 12.4 Å². The Morgan fingerprint density at radius 3 is 3.05 bits per heavy atom. The number of nitrogens with one attached hydrogen (secondary N) is 1. The van der Waals surface area contributed by atoms with Gasteiger partial charge in [0.15, 0.2) is 5.76 Å². The van der Waals surface area contributed by atoms with Gasteiger partial charge in [0.05, 0.1) is 10.7 Å². The van der Waals surface area contributed by atoms with Crippen LogP contribution in [-0.4, -0.2) is 11.7 Å². The van der Waals surface area contributed by atoms with Gasteiger partial charge in [-0.1, -0.05) is 39.6 Å². The van der Waals surface area contributed by atoms with Crippen molar-refractivity contribution in [2.75, 3.05) is 6.54 Å². The van der Waals surface area contributed by atoms with Gasteiger partial charge in [-0.05, 0) is 24.7 Å². The third-order valence-corrected chi connectivity index (χ3v) is 3.23. The summed E-state index contributed by atoms with van der Waals surface area (Å²) < 4.78 is 11.7. The van der Waals surface area contributed by atoms with E-state index in [-0.39, 0.29) is 0 Å². The summed E-state index contributed by atoms with van der Waals surface area (Å²) in [6.45, 7) is 3.93. The SMILES string of the molecule is CCNCc1cc(COc2cc(Br)ccc2Cl)on1. The molecule has 0 unspecified atom stereocenters. The molecule has 1 heterocycles. The van der Waals surface area contributed by atoms with Crippen molar-refractivity contribution in [2.24, 2.45) is 0 Å². The molecule has 0 spiro atoms. The highest BCUT2D eigenvalue weighted by Gasteiger charge is 2.07. The quantitative estimate of drug-likeness (QED) is 0.865. The van der Waals surface area contributed by atoms with Crippen LogP contribution in [0.3, 0.4) is 0 Å². The van der Waals surface area contributed by atoms with Gasteiger partial charge in [-0.25, -0.2) is 0 Å². The highest BCUT2D eigenvalue weighted by atomic mass is 79.9. The monoisotopic (exact) mass is 344 g/mol. The molecule has 0 saturated carbocycles. The lowest BCUT2D eigenvalue weighted by molar-refractivity contribution is 0.248. The van der Waals surface area contributed by atoms with Crippen LogP contribution in [0.5, 0.6) is 5.75 Å². The van der Waals surface area contributed by atoms with Gasteiger partial charge in [-0.3, -0.25) is 0 Å². The standard InChI is InChI=1S/C13H14BrClN2O2/c1-2-16-7-10-6-11(19-17-10)8-18-13-5-9(14)3-4-12(13)15/h3-6,16H,2,7-8H2,1H3. The zero-order valence-corrected chi connectivity index (χ0v) is 12.8. The molecule has 1 aromatic heterocycles. The summed E-state index contributed by atoms with van der Waals surface area (Å²) in [7, 11) is 0. The summed E-state index contributed by atoms with van der Waals surface area (Å²) in [5.41, 5.74) is 0.862. The van der Waals surface area contributed by atoms with Crippen molar-refractivity contribution in [3.05, 3.63) is 45.2 Å². The molecule has 1 N–H and O–H groups in total. The number of benzene rings is 1. The van der Waals surface area contributed by atoms with E-state index in [0.717, 1.165) is 16.7 Å². The number of nitrogens with zero attached hydrogens (tertiary/aromatic N) is 1. The summed E-state index contributed by atoms with van der Waals surface area (Å²) in [5, 5.41) is 7.69. The second-order valence-corrected chi connectivity index (χ2v) is 5.25. The van der Waals surface area contributed by atoms with Crippen molar-refractivity contribution in [2.45, 2.75) is 20.1 Å². The van der Waals surface area contributed by atoms with Crippen LogP contribution >= 0.6 is 27.5 Å². The number of hydrogen-bond acceptors (Lipinski definition) is 4. The first kappa shape index (κ1) is 14.4. The van der Waals surface area contributed by atoms with Gasteiger partial charge >= 0.3 is 0 Å². The van der Waals surface area contributed by atoms with Gasteiger partial charge in [0, 0.05) is 17.1 Å². The zero-order valence-electron chi connectivity index (χ0n) is 10.5. The molecule has 0 amide bonds. The zero-order chi connectivity index (χ0) is 13.7. The molecule has 0 aliphatic heterocycles. The molecular formula is C13H14BrClN2O2. The maximum absolute atomic E-state index is 6.03. The average Bonchev–Trinajstić information content (AvgIpc) is 2.85. The summed E-state index contributed by atoms with van der Waals surface area (Å²) in [5.74, 6) is 1.28. The van der Waals surface area contributed by atoms with Gasteiger partial charge in [0.25, 0.3) is 0 Å². The van der Waals surface area contributed by atoms with Crippen LogP contribution < -0.4 is 10.1 Å². The van der Waals surface area contributed by atoms with E-state index < -0.39 is 0 Å². The minimum Gasteiger partial charge on any atom is -0.484 e. The second-order valence-electron chi connectivity index (χ2n) is 3.93. The van der Waals surface area contributed by atoms with Crippen molar-refractivity contribution in [1.82, 2.24) is 10.5 Å². The predicted octanol–water partition coefficient (Wildman–Crippen LogP) is 3.78. The van der Waals surface area contributed by atoms with Gasteiger partial charge in [-0.2, -0.15) is 0 Å². The van der Waals surface area contributed by atoms with Gasteiger partial charge in [0.2, 0.25) is 0 Å². The van der Waals surface area contributed by atoms with Crippen LogP contribution in [-0.2, 0) is 13.2 Å². The Balaban J connectivity index is 1.94. The van der Waals surface area contributed by atoms with E-state index in [9.17, 15) is 0 Å². The number of aromatic nitrogens is 1. The second kappa shape index (κ2) is 6.93. The van der Waals surface area contributed by atoms with Crippen molar-refractivity contribution in [1.29, 1.82) is 0 Å². The molecule has 0 radical (unpaired) electrons. The number of hydrogen-bond donors (Lipinski definition) is 1. The Morgan fingerprint density at radius 1 is 1.42 bits per heavy atom. The Kier molecular flexibility index (Phi) is 5.24. The average molecular weight is 346 g/mol. The number of rotatable bonds is 6. The molecule has 4 nitrogen and oxygen atoms in total. The van der Waals surface area contributed by atoms with Crippen LogP contribution in [0.4, 0.5) is 0 Å². The molecule has 2 aromatic rings. The molecule has 6 heteroatoms. The third kappa shape index (κ3) is 4.23. The molecule has 2 rings (SSSR count). The molecule has 0 aliphatic rings. The van der Waals surface area contributed by atoms with Crippen LogP contribution in [0.2, 0.25) is 5.02 Å². The van der Waals surface area contributed by atoms with Gasteiger partial charge in [-0.15, -0.1) is 0 Å². The van der Waals surface area contributed by atoms with E-state index >= 15 is 0 Å². The maximum atomic E-state index is 6.03. The van der Waals surface area contributed by atoms with Gasteiger partial charge < -0.3 is 14.6 Å². The molecule has 0 aliphatic carbocycles. The highest BCUT2D eigenvalue weighted by molar-refractivity contribution is 9.10. The Morgan fingerprint density at radius 2 is 2.26 bits per heavy atom. The summed E-state index contributed by atoms with van der Waals surface area (Å²) in [4.78, 5) is 0. The first-order chi connectivity index (χ1) is 9.19. The highest BCUT2D eigenvalue weighted by Crippen LogP contribution is 2.28. The van der Waals surface area contributed by atoms with E-state index in [4.69, 9.17) is 20.9 Å². The van der Waals surface area contributed by atoms with Crippen molar-refractivity contribution < 1.29 is 9.26 Å². The van der Waals surface area contributed by atoms with Crippen molar-refractivity contribution >= 4 is 27.5 Å². The van der Waals surface area contributed by atoms with E-state index in [2.05, 4.69) is 26.4 Å². The molecule has 0 atom stereocenters. The molecular weight excluding hydrogens is 332 g/mol. The smallest absolute Gasteiger partial charge is 0.174 e. The summed E-state index contributed by atoms with van der Waals surface area (Å²) >= 11 is 9.41. The lowest BCUT2D eigenvalue weighted by atomic mass is 10.3. The fourth-order valence-corrected chi connectivity index (χ4v) is 2.01. The summed E-state index contributed by atoms with van der Waals surface area (Å²) in [6, 6.07) is 7.32. The predicted molar refractivity (Wildman–Crippen MR) is 77.4 cm³/mol. The van der Waals surface area contributed by atoms with Crippen LogP contribution in [0.25, 0.3) is 0 Å². The lowest BCUT2D eigenvalue weighted by Crippen LogP contribution is -2.11. The number of ether oxygens (including phenoxy) is 1. The molecule has 0 saturated heterocycles. The fourth-order valence-electron chi connectivity index (χ4n) is 1.50. The van der Waals surface area contributed by atoms with Crippen LogP contribution in [0, 0.1) is 0 Å². The fraction of sp³-hybridized carbons (Fsp3) is 0.308. The number of halogens is 2. The largest absolute Gasteiger partial charge is 0.484 e. The van der Waals surface area contributed by atoms with E-state index in [0.29, 0.717) is 29.7 Å². The first-order valence-corrected chi connectivity index (χ1v) is 7.09. The Labute approximate surface area is 125 Å². The maximum Gasteiger partial charge on any atom is 0.174 e. The van der Waals surface area contributed by atoms with Crippen molar-refractivity contribution in [3.8, 4) is 5.75 Å². The van der Waals surface area contributed by atoms with E-state index in [1.165, 1.54) is 0 Å². The van der Waals surface area contributed by atoms with E-state index in [1.807, 2.05) is 25.1 Å². The summed E-state index contributed by atoms with van der Waals surface area (Å²) in [6.07, 6.45) is 0. The van der Waals surface area contributed by atoms with Crippen molar-refractivity contribution in [3.63, 3.8) is 0 Å². The molecule has 102 valence electrons. The minimum atomic E-state index is 0.301. The lowest BCUT2D eigenvalue weighted by Gasteiger charge is -2.06. The molecule has 19 heavy (non-hydrogen) atoms. The Bertz CT molecular complexity index is 545. The first-order valence-electron chi connectivity index (χ1n) is 5.92. The third-order valence-electron chi connectivity index (χ3n) is 2.43. The topological polar surface area (TPSA) is 47.3 Å². The van der Waals surface area contributed by atoms with E-state index in [1.54, 1.807) is 6.07 Å². The van der Waals surface area contributed by atoms with Crippen LogP contribution in [0.1, 0.15) is 18.4 Å². The normalized spacial score (nSPS) is 10.7. The van der Waals surface area contributed by atoms with Crippen LogP contribution in [0.15, 0.2) is 33.3 Å². The molecule has 0 bridgehead atoms. The molecule has 1 aromatic carbocycles. The Hall–Kier alpha value is -1.04.